The Bertz CT molecular complexity index is 573. The minimum atomic E-state index is 0.328. The molecule has 0 atom stereocenters. The third kappa shape index (κ3) is 1.46. The van der Waals surface area contributed by atoms with Crippen molar-refractivity contribution in [3.05, 3.63) is 53.3 Å². The van der Waals surface area contributed by atoms with Gasteiger partial charge in [-0.25, -0.2) is 9.97 Å². The van der Waals surface area contributed by atoms with Gasteiger partial charge in [0.05, 0.1) is 5.69 Å². The van der Waals surface area contributed by atoms with Gasteiger partial charge in [-0.2, -0.15) is 0 Å². The average Bonchev–Trinajstić information content (AvgIpc) is 2.72. The summed E-state index contributed by atoms with van der Waals surface area (Å²) in [5, 5.41) is 0. The predicted molar refractivity (Wildman–Crippen MR) is 64.5 cm³/mol. The lowest BCUT2D eigenvalue weighted by Gasteiger charge is -2.01. The van der Waals surface area contributed by atoms with Crippen LogP contribution in [0.3, 0.4) is 0 Å². The van der Waals surface area contributed by atoms with Crippen molar-refractivity contribution in [2.45, 2.75) is 6.42 Å². The Balaban J connectivity index is 2.02. The quantitative estimate of drug-likeness (QED) is 0.783. The van der Waals surface area contributed by atoms with Crippen molar-refractivity contribution < 1.29 is 0 Å². The summed E-state index contributed by atoms with van der Waals surface area (Å²) in [4.78, 5) is 8.14. The maximum absolute atomic E-state index is 5.58. The van der Waals surface area contributed by atoms with Gasteiger partial charge in [-0.15, -0.1) is 0 Å². The molecule has 1 aromatic heterocycles. The maximum atomic E-state index is 5.58. The first kappa shape index (κ1) is 9.09. The van der Waals surface area contributed by atoms with E-state index in [9.17, 15) is 0 Å². The fourth-order valence-corrected chi connectivity index (χ4v) is 2.00. The molecule has 3 nitrogen and oxygen atoms in total. The molecule has 1 aliphatic carbocycles. The second kappa shape index (κ2) is 3.45. The first-order chi connectivity index (χ1) is 7.83. The molecule has 0 saturated carbocycles. The van der Waals surface area contributed by atoms with Crippen molar-refractivity contribution in [2.75, 3.05) is 5.73 Å². The number of rotatable bonds is 1. The Hall–Kier alpha value is -2.16. The molecule has 3 heteroatoms. The van der Waals surface area contributed by atoms with Crippen molar-refractivity contribution >= 4 is 17.6 Å². The van der Waals surface area contributed by atoms with Crippen molar-refractivity contribution in [1.82, 2.24) is 9.97 Å². The van der Waals surface area contributed by atoms with Crippen LogP contribution < -0.4 is 5.73 Å². The van der Waals surface area contributed by atoms with Crippen molar-refractivity contribution in [3.63, 3.8) is 0 Å². The van der Waals surface area contributed by atoms with Crippen LogP contribution in [0.1, 0.15) is 16.8 Å². The number of fused-ring (bicyclic) bond motifs is 1. The van der Waals surface area contributed by atoms with E-state index in [1.165, 1.54) is 16.7 Å². The molecule has 16 heavy (non-hydrogen) atoms. The summed E-state index contributed by atoms with van der Waals surface area (Å²) in [7, 11) is 0. The zero-order valence-electron chi connectivity index (χ0n) is 8.72. The first-order valence-corrected chi connectivity index (χ1v) is 5.20. The van der Waals surface area contributed by atoms with Crippen LogP contribution in [0, 0.1) is 0 Å². The molecular formula is C13H11N3. The Labute approximate surface area is 93.7 Å². The summed E-state index contributed by atoms with van der Waals surface area (Å²) in [5.74, 6) is 0.328. The summed E-state index contributed by atoms with van der Waals surface area (Å²) >= 11 is 0. The van der Waals surface area contributed by atoms with E-state index in [4.69, 9.17) is 5.73 Å². The molecule has 0 saturated heterocycles. The number of hydrogen-bond donors (Lipinski definition) is 1. The van der Waals surface area contributed by atoms with Crippen LogP contribution in [0.4, 0.5) is 5.95 Å². The van der Waals surface area contributed by atoms with Crippen LogP contribution in [0.5, 0.6) is 0 Å². The monoisotopic (exact) mass is 209 g/mol. The van der Waals surface area contributed by atoms with Gasteiger partial charge >= 0.3 is 0 Å². The zero-order valence-corrected chi connectivity index (χ0v) is 8.72. The number of allylic oxidation sites excluding steroid dienone is 1. The normalized spacial score (nSPS) is 13.4. The lowest BCUT2D eigenvalue weighted by atomic mass is 10.1. The molecule has 3 rings (SSSR count). The lowest BCUT2D eigenvalue weighted by molar-refractivity contribution is 1.14. The average molecular weight is 209 g/mol. The van der Waals surface area contributed by atoms with Gasteiger partial charge in [-0.1, -0.05) is 24.3 Å². The fraction of sp³-hybridized carbons (Fsp3) is 0.0769. The number of benzene rings is 1. The highest BCUT2D eigenvalue weighted by Crippen LogP contribution is 2.30. The molecule has 0 amide bonds. The number of nitrogen functional groups attached to an aromatic ring is 1. The summed E-state index contributed by atoms with van der Waals surface area (Å²) < 4.78 is 0. The van der Waals surface area contributed by atoms with Gasteiger partial charge in [-0.05, 0) is 28.8 Å². The van der Waals surface area contributed by atoms with E-state index < -0.39 is 0 Å². The molecular weight excluding hydrogens is 198 g/mol. The van der Waals surface area contributed by atoms with Gasteiger partial charge in [0.25, 0.3) is 0 Å². The minimum absolute atomic E-state index is 0.328. The molecule has 1 heterocycles. The Morgan fingerprint density at radius 3 is 2.81 bits per heavy atom. The Morgan fingerprint density at radius 1 is 1.12 bits per heavy atom. The summed E-state index contributed by atoms with van der Waals surface area (Å²) in [6.45, 7) is 0. The molecule has 0 radical (unpaired) electrons. The zero-order chi connectivity index (χ0) is 11.0. The van der Waals surface area contributed by atoms with E-state index in [1.807, 2.05) is 12.1 Å². The first-order valence-electron chi connectivity index (χ1n) is 5.20. The SMILES string of the molecule is Nc1nccc(C2=Cc3ccccc3C2)n1. The number of nitrogens with two attached hydrogens (primary N) is 1. The molecule has 0 aliphatic heterocycles. The van der Waals surface area contributed by atoms with Crippen LogP contribution in [0.25, 0.3) is 11.6 Å². The predicted octanol–water partition coefficient (Wildman–Crippen LogP) is 2.16. The van der Waals surface area contributed by atoms with Crippen LogP contribution in [-0.4, -0.2) is 9.97 Å². The Morgan fingerprint density at radius 2 is 2.00 bits per heavy atom. The van der Waals surface area contributed by atoms with Gasteiger partial charge in [0, 0.05) is 12.6 Å². The number of anilines is 1. The van der Waals surface area contributed by atoms with Gasteiger partial charge in [-0.3, -0.25) is 0 Å². The van der Waals surface area contributed by atoms with E-state index in [0.717, 1.165) is 12.1 Å². The molecule has 0 bridgehead atoms. The highest BCUT2D eigenvalue weighted by Gasteiger charge is 2.14. The highest BCUT2D eigenvalue weighted by molar-refractivity contribution is 5.87. The van der Waals surface area contributed by atoms with Gasteiger partial charge in [0.2, 0.25) is 5.95 Å². The number of nitrogens with zero attached hydrogens (tertiary/aromatic N) is 2. The van der Waals surface area contributed by atoms with E-state index in [2.05, 4.69) is 34.2 Å². The van der Waals surface area contributed by atoms with Gasteiger partial charge < -0.3 is 5.73 Å². The van der Waals surface area contributed by atoms with Crippen LogP contribution in [0.2, 0.25) is 0 Å². The van der Waals surface area contributed by atoms with Crippen molar-refractivity contribution in [1.29, 1.82) is 0 Å². The largest absolute Gasteiger partial charge is 0.368 e. The standard InChI is InChI=1S/C13H11N3/c14-13-15-6-5-12(16-13)11-7-9-3-1-2-4-10(9)8-11/h1-7H,8H2,(H2,14,15,16). The van der Waals surface area contributed by atoms with E-state index >= 15 is 0 Å². The van der Waals surface area contributed by atoms with Crippen molar-refractivity contribution in [2.24, 2.45) is 0 Å². The summed E-state index contributed by atoms with van der Waals surface area (Å²) in [6.07, 6.45) is 4.78. The molecule has 78 valence electrons. The van der Waals surface area contributed by atoms with E-state index in [0.29, 0.717) is 5.95 Å². The molecule has 2 aromatic rings. The maximum Gasteiger partial charge on any atom is 0.220 e. The van der Waals surface area contributed by atoms with Crippen LogP contribution >= 0.6 is 0 Å². The number of hydrogen-bond acceptors (Lipinski definition) is 3. The smallest absolute Gasteiger partial charge is 0.220 e. The van der Waals surface area contributed by atoms with Gasteiger partial charge in [0.15, 0.2) is 0 Å². The van der Waals surface area contributed by atoms with E-state index in [1.54, 1.807) is 6.20 Å². The topological polar surface area (TPSA) is 51.8 Å². The molecule has 1 aromatic carbocycles. The molecule has 0 fully saturated rings. The van der Waals surface area contributed by atoms with Crippen LogP contribution in [0.15, 0.2) is 36.5 Å². The minimum Gasteiger partial charge on any atom is -0.368 e. The fourth-order valence-electron chi connectivity index (χ4n) is 2.00. The lowest BCUT2D eigenvalue weighted by Crippen LogP contribution is -1.97. The Kier molecular flexibility index (Phi) is 1.96. The van der Waals surface area contributed by atoms with Crippen molar-refractivity contribution in [3.8, 4) is 0 Å². The van der Waals surface area contributed by atoms with Gasteiger partial charge in [0.1, 0.15) is 0 Å². The third-order valence-corrected chi connectivity index (χ3v) is 2.77. The summed E-state index contributed by atoms with van der Waals surface area (Å²) in [6, 6.07) is 10.3. The number of aromatic nitrogens is 2. The molecule has 1 aliphatic rings. The van der Waals surface area contributed by atoms with Crippen LogP contribution in [-0.2, 0) is 6.42 Å². The molecule has 0 unspecified atom stereocenters. The second-order valence-electron chi connectivity index (χ2n) is 3.85. The highest BCUT2D eigenvalue weighted by atomic mass is 15.0. The summed E-state index contributed by atoms with van der Waals surface area (Å²) in [5.41, 5.74) is 10.3. The third-order valence-electron chi connectivity index (χ3n) is 2.77. The second-order valence-corrected chi connectivity index (χ2v) is 3.85. The molecule has 2 N–H and O–H groups in total. The van der Waals surface area contributed by atoms with E-state index in [-0.39, 0.29) is 0 Å². The molecule has 0 spiro atoms.